The number of rotatable bonds is 4. The number of carbonyl (C=O) groups is 1. The van der Waals surface area contributed by atoms with Crippen LogP contribution in [0.3, 0.4) is 0 Å². The van der Waals surface area contributed by atoms with Crippen LogP contribution in [0.2, 0.25) is 0 Å². The lowest BCUT2D eigenvalue weighted by molar-refractivity contribution is -0.142. The summed E-state index contributed by atoms with van der Waals surface area (Å²) >= 11 is 0. The molecule has 0 amide bonds. The van der Waals surface area contributed by atoms with E-state index < -0.39 is 24.0 Å². The Hall–Kier alpha value is -0.650. The number of nitrogens with two attached hydrogens (primary N) is 1. The van der Waals surface area contributed by atoms with Crippen molar-refractivity contribution < 1.29 is 20.1 Å². The van der Waals surface area contributed by atoms with Crippen molar-refractivity contribution in [1.82, 2.24) is 0 Å². The van der Waals surface area contributed by atoms with Crippen LogP contribution in [-0.2, 0) is 4.79 Å². The molecule has 66 valence electrons. The lowest BCUT2D eigenvalue weighted by Crippen LogP contribution is -2.45. The van der Waals surface area contributed by atoms with Gasteiger partial charge in [0.05, 0.1) is 6.10 Å². The SMILES string of the molecule is CC(CO)C(O)C(N)C(=O)O. The lowest BCUT2D eigenvalue weighted by atomic mass is 9.99. The Morgan fingerprint density at radius 1 is 1.64 bits per heavy atom. The van der Waals surface area contributed by atoms with Gasteiger partial charge in [-0.1, -0.05) is 6.92 Å². The van der Waals surface area contributed by atoms with Gasteiger partial charge in [0.2, 0.25) is 0 Å². The van der Waals surface area contributed by atoms with Crippen molar-refractivity contribution in [3.8, 4) is 0 Å². The molecular weight excluding hydrogens is 150 g/mol. The number of carboxylic acids is 1. The van der Waals surface area contributed by atoms with Crippen molar-refractivity contribution in [3.63, 3.8) is 0 Å². The van der Waals surface area contributed by atoms with Crippen LogP contribution in [0.1, 0.15) is 6.92 Å². The smallest absolute Gasteiger partial charge is 0.323 e. The van der Waals surface area contributed by atoms with Gasteiger partial charge in [-0.05, 0) is 0 Å². The normalized spacial score (nSPS) is 18.9. The van der Waals surface area contributed by atoms with Gasteiger partial charge in [0.15, 0.2) is 0 Å². The summed E-state index contributed by atoms with van der Waals surface area (Å²) in [4.78, 5) is 10.2. The maximum Gasteiger partial charge on any atom is 0.323 e. The minimum Gasteiger partial charge on any atom is -0.480 e. The van der Waals surface area contributed by atoms with Gasteiger partial charge in [-0.2, -0.15) is 0 Å². The predicted octanol–water partition coefficient (Wildman–Crippen LogP) is -1.61. The van der Waals surface area contributed by atoms with Crippen molar-refractivity contribution in [1.29, 1.82) is 0 Å². The molecule has 0 bridgehead atoms. The van der Waals surface area contributed by atoms with E-state index in [0.29, 0.717) is 0 Å². The van der Waals surface area contributed by atoms with Crippen LogP contribution in [0, 0.1) is 5.92 Å². The first kappa shape index (κ1) is 10.3. The fourth-order valence-electron chi connectivity index (χ4n) is 0.608. The monoisotopic (exact) mass is 163 g/mol. The van der Waals surface area contributed by atoms with Crippen molar-refractivity contribution in [2.45, 2.75) is 19.1 Å². The minimum atomic E-state index is -1.32. The number of aliphatic hydroxyl groups excluding tert-OH is 2. The first-order valence-electron chi connectivity index (χ1n) is 3.28. The minimum absolute atomic E-state index is 0.276. The third-order valence-electron chi connectivity index (χ3n) is 1.52. The summed E-state index contributed by atoms with van der Waals surface area (Å²) in [6.45, 7) is 1.25. The molecule has 0 aliphatic heterocycles. The Morgan fingerprint density at radius 2 is 2.09 bits per heavy atom. The van der Waals surface area contributed by atoms with Gasteiger partial charge >= 0.3 is 5.97 Å². The van der Waals surface area contributed by atoms with Crippen molar-refractivity contribution in [3.05, 3.63) is 0 Å². The summed E-state index contributed by atoms with van der Waals surface area (Å²) < 4.78 is 0. The third-order valence-corrected chi connectivity index (χ3v) is 1.52. The quantitative estimate of drug-likeness (QED) is 0.399. The number of hydrogen-bond acceptors (Lipinski definition) is 4. The largest absolute Gasteiger partial charge is 0.480 e. The van der Waals surface area contributed by atoms with Crippen LogP contribution < -0.4 is 5.73 Å². The van der Waals surface area contributed by atoms with Gasteiger partial charge in [0.25, 0.3) is 0 Å². The molecule has 0 saturated carbocycles. The van der Waals surface area contributed by atoms with Gasteiger partial charge in [0.1, 0.15) is 6.04 Å². The van der Waals surface area contributed by atoms with Crippen molar-refractivity contribution in [2.24, 2.45) is 11.7 Å². The molecule has 0 aromatic carbocycles. The maximum atomic E-state index is 10.2. The van der Waals surface area contributed by atoms with Gasteiger partial charge in [-0.25, -0.2) is 0 Å². The summed E-state index contributed by atoms with van der Waals surface area (Å²) in [6, 6.07) is -1.32. The van der Waals surface area contributed by atoms with E-state index in [2.05, 4.69) is 0 Å². The highest BCUT2D eigenvalue weighted by molar-refractivity contribution is 5.73. The number of carboxylic acid groups (broad SMARTS) is 1. The summed E-state index contributed by atoms with van der Waals surface area (Å²) in [6.07, 6.45) is -1.20. The van der Waals surface area contributed by atoms with Gasteiger partial charge < -0.3 is 21.1 Å². The van der Waals surface area contributed by atoms with Crippen molar-refractivity contribution in [2.75, 3.05) is 6.61 Å². The van der Waals surface area contributed by atoms with Crippen LogP contribution in [0.15, 0.2) is 0 Å². The van der Waals surface area contributed by atoms with Crippen LogP contribution in [0.5, 0.6) is 0 Å². The molecule has 0 saturated heterocycles. The number of hydrogen-bond donors (Lipinski definition) is 4. The Labute approximate surface area is 64.4 Å². The Kier molecular flexibility index (Phi) is 4.02. The molecule has 5 heteroatoms. The number of aliphatic hydroxyl groups is 2. The summed E-state index contributed by atoms with van der Waals surface area (Å²) in [5, 5.41) is 25.9. The Bertz CT molecular complexity index is 139. The van der Waals surface area contributed by atoms with E-state index in [9.17, 15) is 4.79 Å². The second-order valence-corrected chi connectivity index (χ2v) is 2.51. The fourth-order valence-corrected chi connectivity index (χ4v) is 0.608. The molecule has 11 heavy (non-hydrogen) atoms. The van der Waals surface area contributed by atoms with E-state index >= 15 is 0 Å². The van der Waals surface area contributed by atoms with E-state index in [1.807, 2.05) is 0 Å². The maximum absolute atomic E-state index is 10.2. The standard InChI is InChI=1S/C6H13NO4/c1-3(2-8)5(9)4(7)6(10)11/h3-5,8-9H,2,7H2,1H3,(H,10,11). The zero-order valence-electron chi connectivity index (χ0n) is 6.27. The Balaban J connectivity index is 4.00. The van der Waals surface area contributed by atoms with Crippen LogP contribution in [-0.4, -0.2) is 40.0 Å². The van der Waals surface area contributed by atoms with E-state index in [-0.39, 0.29) is 6.61 Å². The first-order valence-corrected chi connectivity index (χ1v) is 3.28. The average molecular weight is 163 g/mol. The second-order valence-electron chi connectivity index (χ2n) is 2.51. The zero-order valence-corrected chi connectivity index (χ0v) is 6.27. The summed E-state index contributed by atoms with van der Waals surface area (Å²) in [5.74, 6) is -1.78. The molecule has 3 unspecified atom stereocenters. The molecule has 0 aromatic rings. The van der Waals surface area contributed by atoms with E-state index in [1.165, 1.54) is 6.92 Å². The molecule has 0 aliphatic rings. The van der Waals surface area contributed by atoms with Crippen LogP contribution in [0.25, 0.3) is 0 Å². The van der Waals surface area contributed by atoms with Crippen LogP contribution in [0.4, 0.5) is 0 Å². The lowest BCUT2D eigenvalue weighted by Gasteiger charge is -2.19. The van der Waals surface area contributed by atoms with Gasteiger partial charge in [-0.3, -0.25) is 4.79 Å². The Morgan fingerprint density at radius 3 is 2.36 bits per heavy atom. The summed E-state index contributed by atoms with van der Waals surface area (Å²) in [5.41, 5.74) is 5.08. The number of aliphatic carboxylic acids is 1. The molecular formula is C6H13NO4. The van der Waals surface area contributed by atoms with Gasteiger partial charge in [-0.15, -0.1) is 0 Å². The molecule has 5 nitrogen and oxygen atoms in total. The van der Waals surface area contributed by atoms with E-state index in [1.54, 1.807) is 0 Å². The molecule has 0 rings (SSSR count). The zero-order chi connectivity index (χ0) is 9.02. The topological polar surface area (TPSA) is 104 Å². The van der Waals surface area contributed by atoms with E-state index in [0.717, 1.165) is 0 Å². The molecule has 0 fully saturated rings. The molecule has 0 spiro atoms. The summed E-state index contributed by atoms with van der Waals surface area (Å²) in [7, 11) is 0. The van der Waals surface area contributed by atoms with Crippen molar-refractivity contribution >= 4 is 5.97 Å². The second kappa shape index (κ2) is 4.27. The molecule has 5 N–H and O–H groups in total. The molecule has 0 heterocycles. The highest BCUT2D eigenvalue weighted by Crippen LogP contribution is 2.04. The molecule has 0 aliphatic carbocycles. The highest BCUT2D eigenvalue weighted by atomic mass is 16.4. The fraction of sp³-hybridized carbons (Fsp3) is 0.833. The predicted molar refractivity (Wildman–Crippen MR) is 37.9 cm³/mol. The average Bonchev–Trinajstić information content (AvgIpc) is 2.00. The van der Waals surface area contributed by atoms with Crippen LogP contribution >= 0.6 is 0 Å². The third kappa shape index (κ3) is 2.83. The first-order chi connectivity index (χ1) is 5.00. The van der Waals surface area contributed by atoms with E-state index in [4.69, 9.17) is 21.1 Å². The molecule has 3 atom stereocenters. The van der Waals surface area contributed by atoms with Gasteiger partial charge in [0, 0.05) is 12.5 Å². The molecule has 0 aromatic heterocycles. The molecule has 0 radical (unpaired) electrons. The highest BCUT2D eigenvalue weighted by Gasteiger charge is 2.26.